The Labute approximate surface area is 106 Å². The maximum atomic E-state index is 13.5. The van der Waals surface area contributed by atoms with Crippen molar-refractivity contribution in [1.29, 1.82) is 0 Å². The summed E-state index contributed by atoms with van der Waals surface area (Å²) >= 11 is 5.82. The SMILES string of the molecule is CCCOCC(Cc1cc(Cl)ccc1F)NN. The van der Waals surface area contributed by atoms with Gasteiger partial charge in [-0.05, 0) is 36.6 Å². The van der Waals surface area contributed by atoms with Gasteiger partial charge in [-0.2, -0.15) is 0 Å². The maximum Gasteiger partial charge on any atom is 0.126 e. The molecule has 0 aromatic heterocycles. The normalized spacial score (nSPS) is 12.7. The van der Waals surface area contributed by atoms with Crippen LogP contribution in [-0.4, -0.2) is 19.3 Å². The van der Waals surface area contributed by atoms with Crippen LogP contribution in [0.1, 0.15) is 18.9 Å². The van der Waals surface area contributed by atoms with Crippen LogP contribution in [0.25, 0.3) is 0 Å². The predicted octanol–water partition coefficient (Wildman–Crippen LogP) is 2.28. The minimum Gasteiger partial charge on any atom is -0.380 e. The lowest BCUT2D eigenvalue weighted by molar-refractivity contribution is 0.111. The summed E-state index contributed by atoms with van der Waals surface area (Å²) in [5.41, 5.74) is 3.16. The number of nitrogens with two attached hydrogens (primary N) is 1. The Morgan fingerprint density at radius 3 is 2.94 bits per heavy atom. The lowest BCUT2D eigenvalue weighted by Gasteiger charge is -2.16. The highest BCUT2D eigenvalue weighted by molar-refractivity contribution is 6.30. The molecule has 1 rings (SSSR count). The van der Waals surface area contributed by atoms with Crippen molar-refractivity contribution in [3.05, 3.63) is 34.6 Å². The fourth-order valence-corrected chi connectivity index (χ4v) is 1.70. The maximum absolute atomic E-state index is 13.5. The Morgan fingerprint density at radius 2 is 2.29 bits per heavy atom. The molecule has 1 aromatic rings. The number of rotatable bonds is 7. The number of hydrogen-bond acceptors (Lipinski definition) is 3. The third-order valence-corrected chi connectivity index (χ3v) is 2.61. The Balaban J connectivity index is 2.57. The Bertz CT molecular complexity index is 349. The largest absolute Gasteiger partial charge is 0.380 e. The van der Waals surface area contributed by atoms with Crippen molar-refractivity contribution in [3.63, 3.8) is 0 Å². The van der Waals surface area contributed by atoms with E-state index in [1.165, 1.54) is 12.1 Å². The van der Waals surface area contributed by atoms with Crippen LogP contribution >= 0.6 is 11.6 Å². The van der Waals surface area contributed by atoms with Crippen LogP contribution < -0.4 is 11.3 Å². The molecule has 0 spiro atoms. The number of benzene rings is 1. The number of ether oxygens (including phenoxy) is 1. The predicted molar refractivity (Wildman–Crippen MR) is 67.3 cm³/mol. The molecule has 5 heteroatoms. The molecular formula is C12H18ClFN2O. The molecule has 0 aliphatic rings. The monoisotopic (exact) mass is 260 g/mol. The van der Waals surface area contributed by atoms with E-state index in [2.05, 4.69) is 5.43 Å². The third-order valence-electron chi connectivity index (χ3n) is 2.38. The molecule has 0 aliphatic carbocycles. The minimum absolute atomic E-state index is 0.116. The van der Waals surface area contributed by atoms with Crippen molar-refractivity contribution in [2.45, 2.75) is 25.8 Å². The summed E-state index contributed by atoms with van der Waals surface area (Å²) in [4.78, 5) is 0. The number of hydrogen-bond donors (Lipinski definition) is 2. The molecule has 0 aliphatic heterocycles. The van der Waals surface area contributed by atoms with Gasteiger partial charge in [0, 0.05) is 17.7 Å². The van der Waals surface area contributed by atoms with Gasteiger partial charge in [0.2, 0.25) is 0 Å². The summed E-state index contributed by atoms with van der Waals surface area (Å²) < 4.78 is 18.9. The van der Waals surface area contributed by atoms with Crippen molar-refractivity contribution in [1.82, 2.24) is 5.43 Å². The van der Waals surface area contributed by atoms with E-state index in [4.69, 9.17) is 22.2 Å². The molecule has 3 nitrogen and oxygen atoms in total. The van der Waals surface area contributed by atoms with E-state index in [1.807, 2.05) is 6.92 Å². The van der Waals surface area contributed by atoms with Crippen molar-refractivity contribution in [3.8, 4) is 0 Å². The average Bonchev–Trinajstić information content (AvgIpc) is 2.32. The Morgan fingerprint density at radius 1 is 1.53 bits per heavy atom. The highest BCUT2D eigenvalue weighted by Crippen LogP contribution is 2.16. The first-order chi connectivity index (χ1) is 8.17. The number of halogens is 2. The first-order valence-electron chi connectivity index (χ1n) is 5.65. The standard InChI is InChI=1S/C12H18ClFN2O/c1-2-5-17-8-11(16-15)7-9-6-10(13)3-4-12(9)14/h3-4,6,11,16H,2,5,7-8,15H2,1H3. The second-order valence-corrected chi connectivity index (χ2v) is 4.31. The number of nitrogens with one attached hydrogen (secondary N) is 1. The fraction of sp³-hybridized carbons (Fsp3) is 0.500. The van der Waals surface area contributed by atoms with E-state index in [9.17, 15) is 4.39 Å². The summed E-state index contributed by atoms with van der Waals surface area (Å²) in [7, 11) is 0. The van der Waals surface area contributed by atoms with Gasteiger partial charge in [-0.25, -0.2) is 4.39 Å². The number of hydrazine groups is 1. The fourth-order valence-electron chi connectivity index (χ4n) is 1.50. The lowest BCUT2D eigenvalue weighted by atomic mass is 10.1. The lowest BCUT2D eigenvalue weighted by Crippen LogP contribution is -2.40. The van der Waals surface area contributed by atoms with Gasteiger partial charge in [-0.3, -0.25) is 11.3 Å². The molecule has 96 valence electrons. The van der Waals surface area contributed by atoms with Crippen LogP contribution in [0.15, 0.2) is 18.2 Å². The van der Waals surface area contributed by atoms with Gasteiger partial charge in [0.05, 0.1) is 6.61 Å². The molecule has 3 N–H and O–H groups in total. The van der Waals surface area contributed by atoms with Crippen LogP contribution in [0, 0.1) is 5.82 Å². The van der Waals surface area contributed by atoms with E-state index in [1.54, 1.807) is 6.07 Å². The zero-order valence-electron chi connectivity index (χ0n) is 9.88. The van der Waals surface area contributed by atoms with E-state index < -0.39 is 0 Å². The highest BCUT2D eigenvalue weighted by Gasteiger charge is 2.11. The van der Waals surface area contributed by atoms with Crippen LogP contribution in [0.2, 0.25) is 5.02 Å². The molecule has 0 fully saturated rings. The zero-order chi connectivity index (χ0) is 12.7. The van der Waals surface area contributed by atoms with Gasteiger partial charge in [0.25, 0.3) is 0 Å². The summed E-state index contributed by atoms with van der Waals surface area (Å²) in [6.07, 6.45) is 1.40. The van der Waals surface area contributed by atoms with E-state index in [-0.39, 0.29) is 11.9 Å². The molecule has 0 saturated heterocycles. The molecular weight excluding hydrogens is 243 g/mol. The first kappa shape index (κ1) is 14.4. The van der Waals surface area contributed by atoms with Gasteiger partial charge >= 0.3 is 0 Å². The average molecular weight is 261 g/mol. The third kappa shape index (κ3) is 5.00. The Kier molecular flexibility index (Phi) is 6.44. The second-order valence-electron chi connectivity index (χ2n) is 3.88. The summed E-state index contributed by atoms with van der Waals surface area (Å²) in [5, 5.41) is 0.520. The van der Waals surface area contributed by atoms with Crippen LogP contribution in [0.5, 0.6) is 0 Å². The van der Waals surface area contributed by atoms with Crippen molar-refractivity contribution in [2.75, 3.05) is 13.2 Å². The minimum atomic E-state index is -0.273. The van der Waals surface area contributed by atoms with Crippen molar-refractivity contribution >= 4 is 11.6 Å². The topological polar surface area (TPSA) is 47.3 Å². The quantitative estimate of drug-likeness (QED) is 0.449. The molecule has 0 bridgehead atoms. The molecule has 1 atom stereocenters. The van der Waals surface area contributed by atoms with Gasteiger partial charge < -0.3 is 4.74 Å². The van der Waals surface area contributed by atoms with Crippen molar-refractivity contribution in [2.24, 2.45) is 5.84 Å². The summed E-state index contributed by atoms with van der Waals surface area (Å²) in [6.45, 7) is 3.16. The molecule has 0 amide bonds. The molecule has 1 unspecified atom stereocenters. The van der Waals surface area contributed by atoms with E-state index >= 15 is 0 Å². The first-order valence-corrected chi connectivity index (χ1v) is 6.03. The van der Waals surface area contributed by atoms with Crippen molar-refractivity contribution < 1.29 is 9.13 Å². The van der Waals surface area contributed by atoms with Crippen LogP contribution in [0.3, 0.4) is 0 Å². The molecule has 0 heterocycles. The van der Waals surface area contributed by atoms with Gasteiger partial charge in [0.1, 0.15) is 5.82 Å². The van der Waals surface area contributed by atoms with Gasteiger partial charge in [-0.15, -0.1) is 0 Å². The van der Waals surface area contributed by atoms with Gasteiger partial charge in [0.15, 0.2) is 0 Å². The zero-order valence-corrected chi connectivity index (χ0v) is 10.6. The summed E-state index contributed by atoms with van der Waals surface area (Å²) in [5.74, 6) is 5.13. The van der Waals surface area contributed by atoms with Gasteiger partial charge in [-0.1, -0.05) is 18.5 Å². The Hall–Kier alpha value is -0.680. The molecule has 0 radical (unpaired) electrons. The van der Waals surface area contributed by atoms with Crippen LogP contribution in [-0.2, 0) is 11.2 Å². The van der Waals surface area contributed by atoms with E-state index in [0.29, 0.717) is 30.2 Å². The van der Waals surface area contributed by atoms with E-state index in [0.717, 1.165) is 6.42 Å². The van der Waals surface area contributed by atoms with Crippen LogP contribution in [0.4, 0.5) is 4.39 Å². The highest BCUT2D eigenvalue weighted by atomic mass is 35.5. The summed E-state index contributed by atoms with van der Waals surface area (Å²) in [6, 6.07) is 4.38. The second kappa shape index (κ2) is 7.61. The molecule has 1 aromatic carbocycles. The molecule has 0 saturated carbocycles. The smallest absolute Gasteiger partial charge is 0.126 e. The molecule has 17 heavy (non-hydrogen) atoms.